The van der Waals surface area contributed by atoms with Gasteiger partial charge in [0, 0.05) is 30.3 Å². The first-order valence-corrected chi connectivity index (χ1v) is 6.13. The van der Waals surface area contributed by atoms with Gasteiger partial charge in [0.15, 0.2) is 0 Å². The highest BCUT2D eigenvalue weighted by molar-refractivity contribution is 5.62. The highest BCUT2D eigenvalue weighted by Gasteiger charge is 2.04. The summed E-state index contributed by atoms with van der Waals surface area (Å²) in [5, 5.41) is 7.40. The van der Waals surface area contributed by atoms with E-state index in [1.807, 2.05) is 6.07 Å². The van der Waals surface area contributed by atoms with Gasteiger partial charge >= 0.3 is 0 Å². The Morgan fingerprint density at radius 2 is 1.94 bits per heavy atom. The van der Waals surface area contributed by atoms with Gasteiger partial charge in [-0.3, -0.25) is 0 Å². The van der Waals surface area contributed by atoms with E-state index in [0.29, 0.717) is 0 Å². The minimum Gasteiger partial charge on any atom is -0.385 e. The lowest BCUT2D eigenvalue weighted by molar-refractivity contribution is 0.389. The maximum atomic E-state index is 5.20. The summed E-state index contributed by atoms with van der Waals surface area (Å²) in [6.07, 6.45) is 2.01. The second-order valence-electron chi connectivity index (χ2n) is 4.04. The van der Waals surface area contributed by atoms with Crippen LogP contribution < -0.4 is 5.32 Å². The van der Waals surface area contributed by atoms with Crippen molar-refractivity contribution in [1.82, 2.24) is 5.16 Å². The molecule has 0 saturated heterocycles. The van der Waals surface area contributed by atoms with Crippen molar-refractivity contribution in [2.45, 2.75) is 26.7 Å². The number of anilines is 1. The zero-order valence-corrected chi connectivity index (χ0v) is 10.4. The van der Waals surface area contributed by atoms with Gasteiger partial charge in [0.25, 0.3) is 0 Å². The van der Waals surface area contributed by atoms with E-state index in [1.165, 1.54) is 0 Å². The van der Waals surface area contributed by atoms with Crippen LogP contribution in [0.3, 0.4) is 0 Å². The highest BCUT2D eigenvalue weighted by Crippen LogP contribution is 2.21. The molecule has 0 aliphatic rings. The van der Waals surface area contributed by atoms with E-state index >= 15 is 0 Å². The molecule has 2 aromatic rings. The second-order valence-corrected chi connectivity index (χ2v) is 4.04. The quantitative estimate of drug-likeness (QED) is 0.850. The van der Waals surface area contributed by atoms with E-state index in [1.54, 1.807) is 0 Å². The fourth-order valence-corrected chi connectivity index (χ4v) is 1.64. The van der Waals surface area contributed by atoms with Crippen molar-refractivity contribution in [3.05, 3.63) is 36.1 Å². The first-order chi connectivity index (χ1) is 8.33. The van der Waals surface area contributed by atoms with Crippen molar-refractivity contribution in [3.63, 3.8) is 0 Å². The number of hydrogen-bond donors (Lipinski definition) is 1. The van der Waals surface area contributed by atoms with Crippen LogP contribution in [0.2, 0.25) is 0 Å². The van der Waals surface area contributed by atoms with Crippen LogP contribution in [-0.4, -0.2) is 11.7 Å². The Bertz CT molecular complexity index is 459. The predicted octanol–water partition coefficient (Wildman–Crippen LogP) is 3.73. The summed E-state index contributed by atoms with van der Waals surface area (Å²) in [5.41, 5.74) is 3.15. The monoisotopic (exact) mass is 230 g/mol. The zero-order chi connectivity index (χ0) is 12.1. The third kappa shape index (κ3) is 2.87. The van der Waals surface area contributed by atoms with Gasteiger partial charge in [-0.1, -0.05) is 31.1 Å². The molecule has 1 aromatic carbocycles. The van der Waals surface area contributed by atoms with Crippen LogP contribution in [0.4, 0.5) is 5.69 Å². The van der Waals surface area contributed by atoms with Crippen LogP contribution in [0.15, 0.2) is 34.9 Å². The van der Waals surface area contributed by atoms with Crippen LogP contribution in [0.1, 0.15) is 26.0 Å². The molecule has 0 amide bonds. The molecule has 3 heteroatoms. The van der Waals surface area contributed by atoms with E-state index in [9.17, 15) is 0 Å². The van der Waals surface area contributed by atoms with Gasteiger partial charge in [-0.25, -0.2) is 0 Å². The lowest BCUT2D eigenvalue weighted by Gasteiger charge is -2.04. The first kappa shape index (κ1) is 11.7. The van der Waals surface area contributed by atoms with Crippen molar-refractivity contribution in [1.29, 1.82) is 0 Å². The Morgan fingerprint density at radius 3 is 2.53 bits per heavy atom. The summed E-state index contributed by atoms with van der Waals surface area (Å²) in [4.78, 5) is 0. The lowest BCUT2D eigenvalue weighted by Crippen LogP contribution is -1.98. The van der Waals surface area contributed by atoms with Gasteiger partial charge in [0.05, 0.1) is 0 Å². The average Bonchev–Trinajstić information content (AvgIpc) is 2.86. The summed E-state index contributed by atoms with van der Waals surface area (Å²) < 4.78 is 5.20. The molecule has 1 heterocycles. The number of rotatable bonds is 5. The third-order valence-electron chi connectivity index (χ3n) is 2.67. The second kappa shape index (κ2) is 5.53. The molecule has 0 unspecified atom stereocenters. The number of benzene rings is 1. The molecule has 1 aromatic heterocycles. The topological polar surface area (TPSA) is 38.1 Å². The molecule has 3 nitrogen and oxygen atoms in total. The van der Waals surface area contributed by atoms with Crippen LogP contribution in [0.25, 0.3) is 11.3 Å². The maximum Gasteiger partial charge on any atom is 0.137 e. The number of aromatic nitrogens is 1. The van der Waals surface area contributed by atoms with Gasteiger partial charge in [-0.15, -0.1) is 0 Å². The van der Waals surface area contributed by atoms with Crippen LogP contribution in [-0.2, 0) is 6.42 Å². The predicted molar refractivity (Wildman–Crippen MR) is 70.1 cm³/mol. The van der Waals surface area contributed by atoms with Crippen molar-refractivity contribution < 1.29 is 4.52 Å². The van der Waals surface area contributed by atoms with Gasteiger partial charge in [0.1, 0.15) is 11.5 Å². The van der Waals surface area contributed by atoms with E-state index in [4.69, 9.17) is 4.52 Å². The Morgan fingerprint density at radius 1 is 1.18 bits per heavy atom. The van der Waals surface area contributed by atoms with Crippen LogP contribution in [0, 0.1) is 0 Å². The smallest absolute Gasteiger partial charge is 0.137 e. The number of nitrogens with zero attached hydrogens (tertiary/aromatic N) is 1. The lowest BCUT2D eigenvalue weighted by atomic mass is 10.1. The summed E-state index contributed by atoms with van der Waals surface area (Å²) in [7, 11) is 0. The fourth-order valence-electron chi connectivity index (χ4n) is 1.64. The molecular formula is C14H18N2O. The number of nitrogens with one attached hydrogen (secondary N) is 1. The minimum atomic E-state index is 0.878. The zero-order valence-electron chi connectivity index (χ0n) is 10.4. The Kier molecular flexibility index (Phi) is 3.81. The summed E-state index contributed by atoms with van der Waals surface area (Å²) in [5.74, 6) is 0.924. The summed E-state index contributed by atoms with van der Waals surface area (Å²) in [6.45, 7) is 5.22. The normalized spacial score (nSPS) is 10.5. The number of aryl methyl sites for hydroxylation is 1. The molecular weight excluding hydrogens is 212 g/mol. The molecule has 0 saturated carbocycles. The molecule has 90 valence electrons. The number of hydrogen-bond acceptors (Lipinski definition) is 3. The van der Waals surface area contributed by atoms with Gasteiger partial charge in [-0.05, 0) is 18.6 Å². The Hall–Kier alpha value is -1.77. The van der Waals surface area contributed by atoms with E-state index in [2.05, 4.69) is 48.6 Å². The van der Waals surface area contributed by atoms with Gasteiger partial charge < -0.3 is 9.84 Å². The van der Waals surface area contributed by atoms with E-state index in [0.717, 1.165) is 42.1 Å². The molecule has 17 heavy (non-hydrogen) atoms. The van der Waals surface area contributed by atoms with Crippen LogP contribution in [0.5, 0.6) is 0 Å². The molecule has 0 atom stereocenters. The van der Waals surface area contributed by atoms with E-state index in [-0.39, 0.29) is 0 Å². The van der Waals surface area contributed by atoms with Gasteiger partial charge in [0.2, 0.25) is 0 Å². The summed E-state index contributed by atoms with van der Waals surface area (Å²) >= 11 is 0. The Balaban J connectivity index is 2.11. The molecule has 0 aliphatic carbocycles. The highest BCUT2D eigenvalue weighted by atomic mass is 16.5. The molecule has 0 bridgehead atoms. The standard InChI is InChI=1S/C14H18N2O/c1-3-9-15-12-7-5-11(6-8-12)14-10-13(4-2)17-16-14/h5-8,10,15H,3-4,9H2,1-2H3. The van der Waals surface area contributed by atoms with Crippen molar-refractivity contribution in [3.8, 4) is 11.3 Å². The Labute approximate surface area is 102 Å². The third-order valence-corrected chi connectivity index (χ3v) is 2.67. The maximum absolute atomic E-state index is 5.20. The van der Waals surface area contributed by atoms with Gasteiger partial charge in [-0.2, -0.15) is 0 Å². The van der Waals surface area contributed by atoms with Crippen molar-refractivity contribution in [2.24, 2.45) is 0 Å². The molecule has 1 N–H and O–H groups in total. The minimum absolute atomic E-state index is 0.878. The molecule has 2 rings (SSSR count). The first-order valence-electron chi connectivity index (χ1n) is 6.13. The van der Waals surface area contributed by atoms with Crippen molar-refractivity contribution >= 4 is 5.69 Å². The molecule has 0 fully saturated rings. The molecule has 0 spiro atoms. The average molecular weight is 230 g/mol. The fraction of sp³-hybridized carbons (Fsp3) is 0.357. The van der Waals surface area contributed by atoms with E-state index < -0.39 is 0 Å². The SMILES string of the molecule is CCCNc1ccc(-c2cc(CC)on2)cc1. The molecule has 0 aliphatic heterocycles. The summed E-state index contributed by atoms with van der Waals surface area (Å²) in [6, 6.07) is 10.3. The van der Waals surface area contributed by atoms with Crippen molar-refractivity contribution in [2.75, 3.05) is 11.9 Å². The van der Waals surface area contributed by atoms with Crippen LogP contribution >= 0.6 is 0 Å². The molecule has 0 radical (unpaired) electrons. The largest absolute Gasteiger partial charge is 0.385 e.